The summed E-state index contributed by atoms with van der Waals surface area (Å²) >= 11 is 11.8. The van der Waals surface area contributed by atoms with Crippen molar-refractivity contribution in [3.05, 3.63) is 57.8 Å². The molecule has 2 N–H and O–H groups in total. The molecule has 2 atom stereocenters. The summed E-state index contributed by atoms with van der Waals surface area (Å²) in [6, 6.07) is 9.49. The molecule has 0 aliphatic heterocycles. The molecule has 7 heteroatoms. The van der Waals surface area contributed by atoms with E-state index in [2.05, 4.69) is 5.32 Å². The molecule has 0 aromatic heterocycles. The SMILES string of the molecule is COc1ccc([C@H](C)NC[C@@H](O)COc2ccc(Cl)cc2Cl)cc1F. The van der Waals surface area contributed by atoms with Gasteiger partial charge < -0.3 is 19.9 Å². The Hall–Kier alpha value is -1.53. The van der Waals surface area contributed by atoms with Gasteiger partial charge in [-0.15, -0.1) is 0 Å². The third kappa shape index (κ3) is 5.75. The summed E-state index contributed by atoms with van der Waals surface area (Å²) in [5.41, 5.74) is 0.757. The third-order valence-corrected chi connectivity index (χ3v) is 4.19. The summed E-state index contributed by atoms with van der Waals surface area (Å²) in [6.07, 6.45) is -0.753. The lowest BCUT2D eigenvalue weighted by molar-refractivity contribution is 0.104. The second-order valence-electron chi connectivity index (χ2n) is 5.56. The van der Waals surface area contributed by atoms with Crippen LogP contribution in [0.25, 0.3) is 0 Å². The molecule has 0 saturated heterocycles. The van der Waals surface area contributed by atoms with Crippen LogP contribution >= 0.6 is 23.2 Å². The Balaban J connectivity index is 1.82. The minimum Gasteiger partial charge on any atom is -0.494 e. The molecule has 0 radical (unpaired) electrons. The Bertz CT molecular complexity index is 715. The fourth-order valence-corrected chi connectivity index (χ4v) is 2.68. The van der Waals surface area contributed by atoms with Crippen LogP contribution in [0.3, 0.4) is 0 Å². The predicted octanol–water partition coefficient (Wildman–Crippen LogP) is 4.23. The van der Waals surface area contributed by atoms with E-state index < -0.39 is 11.9 Å². The fraction of sp³-hybridized carbons (Fsp3) is 0.333. The van der Waals surface area contributed by atoms with Gasteiger partial charge in [-0.3, -0.25) is 0 Å². The number of aliphatic hydroxyl groups excluding tert-OH is 1. The zero-order chi connectivity index (χ0) is 18.4. The molecule has 2 aromatic carbocycles. The van der Waals surface area contributed by atoms with Crippen LogP contribution in [0, 0.1) is 5.82 Å². The van der Waals surface area contributed by atoms with Gasteiger partial charge in [0.1, 0.15) is 18.5 Å². The second-order valence-corrected chi connectivity index (χ2v) is 6.41. The molecule has 0 fully saturated rings. The van der Waals surface area contributed by atoms with Crippen molar-refractivity contribution in [2.24, 2.45) is 0 Å². The van der Waals surface area contributed by atoms with Gasteiger partial charge >= 0.3 is 0 Å². The molecule has 25 heavy (non-hydrogen) atoms. The summed E-state index contributed by atoms with van der Waals surface area (Å²) in [4.78, 5) is 0. The van der Waals surface area contributed by atoms with E-state index in [1.807, 2.05) is 6.92 Å². The molecule has 0 aliphatic carbocycles. The van der Waals surface area contributed by atoms with Crippen molar-refractivity contribution in [3.63, 3.8) is 0 Å². The van der Waals surface area contributed by atoms with E-state index in [-0.39, 0.29) is 24.9 Å². The molecule has 0 heterocycles. The first-order chi connectivity index (χ1) is 11.9. The van der Waals surface area contributed by atoms with Crippen molar-refractivity contribution in [1.29, 1.82) is 0 Å². The summed E-state index contributed by atoms with van der Waals surface area (Å²) in [6.45, 7) is 2.23. The molecular weight excluding hydrogens is 368 g/mol. The van der Waals surface area contributed by atoms with E-state index in [0.717, 1.165) is 5.56 Å². The van der Waals surface area contributed by atoms with Crippen LogP contribution in [0.1, 0.15) is 18.5 Å². The Morgan fingerprint density at radius 2 is 1.88 bits per heavy atom. The Morgan fingerprint density at radius 3 is 2.52 bits per heavy atom. The highest BCUT2D eigenvalue weighted by atomic mass is 35.5. The van der Waals surface area contributed by atoms with Crippen LogP contribution in [0.5, 0.6) is 11.5 Å². The monoisotopic (exact) mass is 387 g/mol. The van der Waals surface area contributed by atoms with Gasteiger partial charge in [-0.25, -0.2) is 4.39 Å². The quantitative estimate of drug-likeness (QED) is 0.711. The first-order valence-electron chi connectivity index (χ1n) is 7.73. The molecule has 0 saturated carbocycles. The van der Waals surface area contributed by atoms with Crippen molar-refractivity contribution in [2.75, 3.05) is 20.3 Å². The molecule has 0 aliphatic rings. The van der Waals surface area contributed by atoms with Gasteiger partial charge in [-0.05, 0) is 42.8 Å². The van der Waals surface area contributed by atoms with Crippen molar-refractivity contribution in [2.45, 2.75) is 19.1 Å². The number of benzene rings is 2. The van der Waals surface area contributed by atoms with E-state index in [4.69, 9.17) is 32.7 Å². The average molecular weight is 388 g/mol. The first kappa shape index (κ1) is 19.8. The van der Waals surface area contributed by atoms with Gasteiger partial charge in [-0.2, -0.15) is 0 Å². The lowest BCUT2D eigenvalue weighted by Gasteiger charge is -2.18. The predicted molar refractivity (Wildman–Crippen MR) is 97.3 cm³/mol. The topological polar surface area (TPSA) is 50.7 Å². The smallest absolute Gasteiger partial charge is 0.165 e. The zero-order valence-corrected chi connectivity index (χ0v) is 15.4. The Kier molecular flexibility index (Phi) is 7.32. The van der Waals surface area contributed by atoms with Crippen LogP contribution in [0.2, 0.25) is 10.0 Å². The van der Waals surface area contributed by atoms with E-state index in [0.29, 0.717) is 15.8 Å². The number of hydrogen-bond acceptors (Lipinski definition) is 4. The number of hydrogen-bond donors (Lipinski definition) is 2. The largest absolute Gasteiger partial charge is 0.494 e. The molecule has 0 amide bonds. The van der Waals surface area contributed by atoms with Gasteiger partial charge in [0.25, 0.3) is 0 Å². The van der Waals surface area contributed by atoms with Crippen LogP contribution in [-0.4, -0.2) is 31.5 Å². The maximum atomic E-state index is 13.7. The number of nitrogens with one attached hydrogen (secondary N) is 1. The minimum absolute atomic E-state index is 0.0675. The Labute approximate surface area is 156 Å². The molecule has 0 spiro atoms. The van der Waals surface area contributed by atoms with Gasteiger partial charge in [0.15, 0.2) is 11.6 Å². The molecule has 2 rings (SSSR count). The highest BCUT2D eigenvalue weighted by molar-refractivity contribution is 6.35. The van der Waals surface area contributed by atoms with Crippen molar-refractivity contribution >= 4 is 23.2 Å². The first-order valence-corrected chi connectivity index (χ1v) is 8.49. The average Bonchev–Trinajstić information content (AvgIpc) is 2.58. The van der Waals surface area contributed by atoms with Crippen LogP contribution in [-0.2, 0) is 0 Å². The lowest BCUT2D eigenvalue weighted by atomic mass is 10.1. The maximum absolute atomic E-state index is 13.7. The van der Waals surface area contributed by atoms with Crippen molar-refractivity contribution in [1.82, 2.24) is 5.32 Å². The van der Waals surface area contributed by atoms with Crippen LogP contribution in [0.15, 0.2) is 36.4 Å². The summed E-state index contributed by atoms with van der Waals surface area (Å²) in [5, 5.41) is 14.1. The highest BCUT2D eigenvalue weighted by Crippen LogP contribution is 2.27. The minimum atomic E-state index is -0.753. The van der Waals surface area contributed by atoms with E-state index in [1.165, 1.54) is 13.2 Å². The molecular formula is C18H20Cl2FNO3. The standard InChI is InChI=1S/C18H20Cl2FNO3/c1-11(12-3-5-18(24-2)16(21)7-12)22-9-14(23)10-25-17-6-4-13(19)8-15(17)20/h3-8,11,14,22-23H,9-10H2,1-2H3/t11-,14+/m0/s1. The lowest BCUT2D eigenvalue weighted by Crippen LogP contribution is -2.33. The van der Waals surface area contributed by atoms with Crippen LogP contribution < -0.4 is 14.8 Å². The van der Waals surface area contributed by atoms with Gasteiger partial charge in [0, 0.05) is 17.6 Å². The van der Waals surface area contributed by atoms with Gasteiger partial charge in [0.2, 0.25) is 0 Å². The van der Waals surface area contributed by atoms with E-state index >= 15 is 0 Å². The highest BCUT2D eigenvalue weighted by Gasteiger charge is 2.12. The summed E-state index contributed by atoms with van der Waals surface area (Å²) in [7, 11) is 1.42. The van der Waals surface area contributed by atoms with E-state index in [9.17, 15) is 9.50 Å². The van der Waals surface area contributed by atoms with Gasteiger partial charge in [0.05, 0.1) is 12.1 Å². The number of methoxy groups -OCH3 is 1. The summed E-state index contributed by atoms with van der Waals surface area (Å²) < 4.78 is 24.1. The molecule has 4 nitrogen and oxygen atoms in total. The van der Waals surface area contributed by atoms with Gasteiger partial charge in [-0.1, -0.05) is 29.3 Å². The molecule has 136 valence electrons. The van der Waals surface area contributed by atoms with Crippen LogP contribution in [0.4, 0.5) is 4.39 Å². The number of ether oxygens (including phenoxy) is 2. The van der Waals surface area contributed by atoms with E-state index in [1.54, 1.807) is 30.3 Å². The molecule has 2 aromatic rings. The normalized spacial score (nSPS) is 13.4. The number of aliphatic hydroxyl groups is 1. The Morgan fingerprint density at radius 1 is 1.16 bits per heavy atom. The number of halogens is 3. The van der Waals surface area contributed by atoms with Crippen molar-refractivity contribution < 1.29 is 19.0 Å². The molecule has 0 unspecified atom stereocenters. The second kappa shape index (κ2) is 9.25. The maximum Gasteiger partial charge on any atom is 0.165 e. The zero-order valence-electron chi connectivity index (χ0n) is 13.9. The molecule has 0 bridgehead atoms. The third-order valence-electron chi connectivity index (χ3n) is 3.66. The number of rotatable bonds is 8. The fourth-order valence-electron chi connectivity index (χ4n) is 2.22. The summed E-state index contributed by atoms with van der Waals surface area (Å²) in [5.74, 6) is 0.231. The van der Waals surface area contributed by atoms with Crippen molar-refractivity contribution in [3.8, 4) is 11.5 Å².